The molecule has 0 aromatic heterocycles. The Morgan fingerprint density at radius 1 is 1.12 bits per heavy atom. The number of rotatable bonds is 5. The zero-order valence-corrected chi connectivity index (χ0v) is 10.7. The molecule has 16 heavy (non-hydrogen) atoms. The number of likely N-dealkylation sites (tertiary alicyclic amines) is 1. The molecule has 0 aromatic carbocycles. The number of nitrogens with zero attached hydrogens (tertiary/aromatic N) is 1. The van der Waals surface area contributed by atoms with E-state index in [4.69, 9.17) is 5.73 Å². The van der Waals surface area contributed by atoms with E-state index in [1.807, 2.05) is 0 Å². The first kappa shape index (κ1) is 13.9. The van der Waals surface area contributed by atoms with Crippen molar-refractivity contribution in [1.29, 1.82) is 0 Å². The molecule has 1 heterocycles. The van der Waals surface area contributed by atoms with Crippen LogP contribution in [-0.4, -0.2) is 41.8 Å². The molecule has 96 valence electrons. The summed E-state index contributed by atoms with van der Waals surface area (Å²) in [5.74, 6) is 0. The molecule has 0 aromatic rings. The van der Waals surface area contributed by atoms with E-state index in [9.17, 15) is 5.11 Å². The third-order valence-corrected chi connectivity index (χ3v) is 3.66. The van der Waals surface area contributed by atoms with Gasteiger partial charge in [-0.3, -0.25) is 4.90 Å². The van der Waals surface area contributed by atoms with E-state index in [0.29, 0.717) is 0 Å². The molecule has 1 aliphatic rings. The second-order valence-electron chi connectivity index (χ2n) is 5.01. The molecule has 2 unspecified atom stereocenters. The fourth-order valence-electron chi connectivity index (χ4n) is 2.65. The highest BCUT2D eigenvalue weighted by molar-refractivity contribution is 4.82. The van der Waals surface area contributed by atoms with Gasteiger partial charge in [-0.2, -0.15) is 0 Å². The van der Waals surface area contributed by atoms with Crippen LogP contribution in [0.1, 0.15) is 51.9 Å². The highest BCUT2D eigenvalue weighted by Crippen LogP contribution is 2.15. The molecule has 0 amide bonds. The van der Waals surface area contributed by atoms with Gasteiger partial charge >= 0.3 is 0 Å². The maximum atomic E-state index is 9.52. The molecule has 0 bridgehead atoms. The SMILES string of the molecule is CCCC(N)C(CO)N1CCCCCCC1. The monoisotopic (exact) mass is 228 g/mol. The quantitative estimate of drug-likeness (QED) is 0.753. The molecule has 1 fully saturated rings. The lowest BCUT2D eigenvalue weighted by atomic mass is 10.0. The van der Waals surface area contributed by atoms with Crippen LogP contribution in [0.3, 0.4) is 0 Å². The molecular formula is C13H28N2O. The van der Waals surface area contributed by atoms with Crippen molar-refractivity contribution in [2.45, 2.75) is 64.0 Å². The van der Waals surface area contributed by atoms with Crippen LogP contribution >= 0.6 is 0 Å². The summed E-state index contributed by atoms with van der Waals surface area (Å²) in [6.45, 7) is 4.59. The van der Waals surface area contributed by atoms with E-state index in [2.05, 4.69) is 11.8 Å². The largest absolute Gasteiger partial charge is 0.395 e. The molecule has 0 radical (unpaired) electrons. The first-order valence-electron chi connectivity index (χ1n) is 6.90. The van der Waals surface area contributed by atoms with Crippen LogP contribution in [0.15, 0.2) is 0 Å². The van der Waals surface area contributed by atoms with E-state index in [0.717, 1.165) is 25.9 Å². The van der Waals surface area contributed by atoms with Crippen molar-refractivity contribution >= 4 is 0 Å². The summed E-state index contributed by atoms with van der Waals surface area (Å²) in [6.07, 6.45) is 8.67. The third kappa shape index (κ3) is 4.40. The van der Waals surface area contributed by atoms with Crippen molar-refractivity contribution in [3.05, 3.63) is 0 Å². The molecule has 1 rings (SSSR count). The average molecular weight is 228 g/mol. The van der Waals surface area contributed by atoms with Gasteiger partial charge in [0, 0.05) is 12.1 Å². The molecule has 3 nitrogen and oxygen atoms in total. The summed E-state index contributed by atoms with van der Waals surface area (Å²) in [6, 6.07) is 0.312. The van der Waals surface area contributed by atoms with E-state index < -0.39 is 0 Å². The predicted molar refractivity (Wildman–Crippen MR) is 68.4 cm³/mol. The second-order valence-corrected chi connectivity index (χ2v) is 5.01. The number of hydrogen-bond donors (Lipinski definition) is 2. The van der Waals surface area contributed by atoms with Gasteiger partial charge < -0.3 is 10.8 Å². The van der Waals surface area contributed by atoms with Crippen molar-refractivity contribution in [1.82, 2.24) is 4.90 Å². The third-order valence-electron chi connectivity index (χ3n) is 3.66. The minimum Gasteiger partial charge on any atom is -0.395 e. The van der Waals surface area contributed by atoms with E-state index in [1.54, 1.807) is 0 Å². The van der Waals surface area contributed by atoms with Gasteiger partial charge in [0.15, 0.2) is 0 Å². The summed E-state index contributed by atoms with van der Waals surface area (Å²) in [4.78, 5) is 2.42. The number of aliphatic hydroxyl groups is 1. The van der Waals surface area contributed by atoms with Crippen LogP contribution in [0.5, 0.6) is 0 Å². The molecule has 0 saturated carbocycles. The Morgan fingerprint density at radius 3 is 2.19 bits per heavy atom. The Morgan fingerprint density at radius 2 is 1.69 bits per heavy atom. The summed E-state index contributed by atoms with van der Waals surface area (Å²) in [5.41, 5.74) is 6.16. The van der Waals surface area contributed by atoms with Gasteiger partial charge in [-0.25, -0.2) is 0 Å². The van der Waals surface area contributed by atoms with Crippen LogP contribution < -0.4 is 5.73 Å². The van der Waals surface area contributed by atoms with E-state index >= 15 is 0 Å². The first-order chi connectivity index (χ1) is 7.79. The Labute approximate surface area is 100 Å². The zero-order chi connectivity index (χ0) is 11.8. The van der Waals surface area contributed by atoms with Gasteiger partial charge in [0.25, 0.3) is 0 Å². The molecule has 0 spiro atoms. The van der Waals surface area contributed by atoms with Gasteiger partial charge in [-0.1, -0.05) is 32.6 Å². The predicted octanol–water partition coefficient (Wildman–Crippen LogP) is 1.74. The summed E-state index contributed by atoms with van der Waals surface area (Å²) in [5, 5.41) is 9.52. The normalized spacial score (nSPS) is 23.4. The van der Waals surface area contributed by atoms with E-state index in [-0.39, 0.29) is 18.7 Å². The standard InChI is InChI=1S/C13H28N2O/c1-2-8-12(14)13(11-16)15-9-6-4-3-5-7-10-15/h12-13,16H,2-11,14H2,1H3. The molecule has 1 aliphatic heterocycles. The van der Waals surface area contributed by atoms with Crippen molar-refractivity contribution in [2.75, 3.05) is 19.7 Å². The fourth-order valence-corrected chi connectivity index (χ4v) is 2.65. The summed E-state index contributed by atoms with van der Waals surface area (Å²) < 4.78 is 0. The second kappa shape index (κ2) is 8.04. The zero-order valence-electron chi connectivity index (χ0n) is 10.7. The van der Waals surface area contributed by atoms with Crippen LogP contribution in [0.4, 0.5) is 0 Å². The van der Waals surface area contributed by atoms with Crippen molar-refractivity contribution in [2.24, 2.45) is 5.73 Å². The van der Waals surface area contributed by atoms with Crippen molar-refractivity contribution in [3.8, 4) is 0 Å². The van der Waals surface area contributed by atoms with Crippen molar-refractivity contribution < 1.29 is 5.11 Å². The van der Waals surface area contributed by atoms with Gasteiger partial charge in [-0.15, -0.1) is 0 Å². The van der Waals surface area contributed by atoms with Crippen LogP contribution in [-0.2, 0) is 0 Å². The van der Waals surface area contributed by atoms with Crippen LogP contribution in [0, 0.1) is 0 Å². The average Bonchev–Trinajstić information content (AvgIpc) is 2.22. The minimum atomic E-state index is 0.134. The fraction of sp³-hybridized carbons (Fsp3) is 1.00. The molecule has 3 heteroatoms. The highest BCUT2D eigenvalue weighted by Gasteiger charge is 2.23. The Bertz CT molecular complexity index is 167. The maximum absolute atomic E-state index is 9.52. The minimum absolute atomic E-state index is 0.134. The van der Waals surface area contributed by atoms with Gasteiger partial charge in [0.1, 0.15) is 0 Å². The lowest BCUT2D eigenvalue weighted by Crippen LogP contribution is -2.51. The molecule has 1 saturated heterocycles. The first-order valence-corrected chi connectivity index (χ1v) is 6.90. The molecule has 0 aliphatic carbocycles. The highest BCUT2D eigenvalue weighted by atomic mass is 16.3. The smallest absolute Gasteiger partial charge is 0.0601 e. The van der Waals surface area contributed by atoms with Gasteiger partial charge in [0.2, 0.25) is 0 Å². The molecule has 2 atom stereocenters. The Balaban J connectivity index is 2.47. The van der Waals surface area contributed by atoms with Crippen LogP contribution in [0.25, 0.3) is 0 Å². The molecular weight excluding hydrogens is 200 g/mol. The van der Waals surface area contributed by atoms with Gasteiger partial charge in [-0.05, 0) is 32.4 Å². The van der Waals surface area contributed by atoms with Crippen molar-refractivity contribution in [3.63, 3.8) is 0 Å². The number of hydrogen-bond acceptors (Lipinski definition) is 3. The van der Waals surface area contributed by atoms with Crippen LogP contribution in [0.2, 0.25) is 0 Å². The summed E-state index contributed by atoms with van der Waals surface area (Å²) >= 11 is 0. The van der Waals surface area contributed by atoms with E-state index in [1.165, 1.54) is 32.1 Å². The number of nitrogens with two attached hydrogens (primary N) is 1. The molecule has 3 N–H and O–H groups in total. The maximum Gasteiger partial charge on any atom is 0.0601 e. The lowest BCUT2D eigenvalue weighted by Gasteiger charge is -2.35. The van der Waals surface area contributed by atoms with Gasteiger partial charge in [0.05, 0.1) is 6.61 Å². The summed E-state index contributed by atoms with van der Waals surface area (Å²) in [7, 11) is 0. The Kier molecular flexibility index (Phi) is 7.01. The Hall–Kier alpha value is -0.120. The number of aliphatic hydroxyl groups excluding tert-OH is 1. The topological polar surface area (TPSA) is 49.5 Å². The lowest BCUT2D eigenvalue weighted by molar-refractivity contribution is 0.0936.